The fraction of sp³-hybridized carbons (Fsp3) is 0.538. The second kappa shape index (κ2) is 5.28. The first-order valence-corrected chi connectivity index (χ1v) is 7.44. The van der Waals surface area contributed by atoms with Gasteiger partial charge in [-0.05, 0) is 30.0 Å². The Kier molecular flexibility index (Phi) is 4.40. The molecule has 1 rings (SSSR count). The minimum Gasteiger partial charge on any atom is -0.395 e. The Morgan fingerprint density at radius 1 is 1.22 bits per heavy atom. The monoisotopic (exact) mass is 271 g/mol. The van der Waals surface area contributed by atoms with E-state index >= 15 is 0 Å². The molecule has 0 heterocycles. The van der Waals surface area contributed by atoms with Gasteiger partial charge in [-0.2, -0.15) is 0 Å². The molecule has 18 heavy (non-hydrogen) atoms. The molecule has 1 aromatic carbocycles. The van der Waals surface area contributed by atoms with Gasteiger partial charge in [0.15, 0.2) is 0 Å². The van der Waals surface area contributed by atoms with Crippen LogP contribution in [0.2, 0.25) is 0 Å². The highest BCUT2D eigenvalue weighted by Crippen LogP contribution is 2.24. The lowest BCUT2D eigenvalue weighted by atomic mass is 9.87. The number of aliphatic hydroxyl groups excluding tert-OH is 1. The molecule has 4 nitrogen and oxygen atoms in total. The summed E-state index contributed by atoms with van der Waals surface area (Å²) in [6.45, 7) is 7.36. The SMILES string of the molecule is CC(CO)S(=O)(=O)Nc1ccc(C(C)(C)C)cc1. The Bertz CT molecular complexity index is 486. The Hall–Kier alpha value is -1.07. The highest BCUT2D eigenvalue weighted by molar-refractivity contribution is 7.93. The lowest BCUT2D eigenvalue weighted by Crippen LogP contribution is -2.28. The predicted octanol–water partition coefficient (Wildman–Crippen LogP) is 2.11. The maximum atomic E-state index is 11.7. The molecule has 0 aromatic heterocycles. The molecule has 0 aliphatic rings. The van der Waals surface area contributed by atoms with Crippen molar-refractivity contribution in [3.63, 3.8) is 0 Å². The molecule has 0 radical (unpaired) electrons. The zero-order valence-electron chi connectivity index (χ0n) is 11.3. The maximum Gasteiger partial charge on any atom is 0.237 e. The minimum absolute atomic E-state index is 0.0375. The highest BCUT2D eigenvalue weighted by atomic mass is 32.2. The van der Waals surface area contributed by atoms with Crippen LogP contribution in [0.25, 0.3) is 0 Å². The first-order valence-electron chi connectivity index (χ1n) is 5.90. The molecule has 0 amide bonds. The van der Waals surface area contributed by atoms with E-state index < -0.39 is 21.9 Å². The van der Waals surface area contributed by atoms with Crippen molar-refractivity contribution in [3.8, 4) is 0 Å². The van der Waals surface area contributed by atoms with Crippen LogP contribution in [0.4, 0.5) is 5.69 Å². The molecule has 102 valence electrons. The number of aliphatic hydroxyl groups is 1. The summed E-state index contributed by atoms with van der Waals surface area (Å²) in [6.07, 6.45) is 0. The zero-order valence-corrected chi connectivity index (χ0v) is 12.1. The molecule has 0 bridgehead atoms. The van der Waals surface area contributed by atoms with Gasteiger partial charge in [-0.1, -0.05) is 32.9 Å². The smallest absolute Gasteiger partial charge is 0.237 e. The molecular weight excluding hydrogens is 250 g/mol. The molecule has 0 aliphatic heterocycles. The summed E-state index contributed by atoms with van der Waals surface area (Å²) < 4.78 is 25.9. The Morgan fingerprint density at radius 3 is 2.11 bits per heavy atom. The number of hydrogen-bond acceptors (Lipinski definition) is 3. The largest absolute Gasteiger partial charge is 0.395 e. The summed E-state index contributed by atoms with van der Waals surface area (Å²) in [5.74, 6) is 0. The lowest BCUT2D eigenvalue weighted by molar-refractivity contribution is 0.296. The standard InChI is InChI=1S/C13H21NO3S/c1-10(9-15)18(16,17)14-12-7-5-11(6-8-12)13(2,3)4/h5-8,10,14-15H,9H2,1-4H3. The second-order valence-corrected chi connectivity index (χ2v) is 7.57. The molecule has 0 spiro atoms. The minimum atomic E-state index is -3.51. The number of sulfonamides is 1. The number of nitrogens with one attached hydrogen (secondary N) is 1. The third-order valence-electron chi connectivity index (χ3n) is 2.80. The van der Waals surface area contributed by atoms with Crippen LogP contribution in [0.1, 0.15) is 33.3 Å². The van der Waals surface area contributed by atoms with Crippen molar-refractivity contribution in [2.24, 2.45) is 0 Å². The van der Waals surface area contributed by atoms with Crippen LogP contribution in [0, 0.1) is 0 Å². The van der Waals surface area contributed by atoms with Crippen LogP contribution >= 0.6 is 0 Å². The molecule has 1 atom stereocenters. The van der Waals surface area contributed by atoms with E-state index in [-0.39, 0.29) is 5.41 Å². The van der Waals surface area contributed by atoms with Gasteiger partial charge in [-0.3, -0.25) is 4.72 Å². The average Bonchev–Trinajstić information content (AvgIpc) is 2.26. The van der Waals surface area contributed by atoms with Gasteiger partial charge in [-0.15, -0.1) is 0 Å². The van der Waals surface area contributed by atoms with Gasteiger partial charge in [0.1, 0.15) is 5.25 Å². The number of anilines is 1. The van der Waals surface area contributed by atoms with Crippen LogP contribution in [0.15, 0.2) is 24.3 Å². The Morgan fingerprint density at radius 2 is 1.72 bits per heavy atom. The maximum absolute atomic E-state index is 11.7. The summed E-state index contributed by atoms with van der Waals surface area (Å²) in [5, 5.41) is 8.06. The predicted molar refractivity (Wildman–Crippen MR) is 74.2 cm³/mol. The van der Waals surface area contributed by atoms with Crippen molar-refractivity contribution in [1.82, 2.24) is 0 Å². The van der Waals surface area contributed by atoms with Crippen molar-refractivity contribution in [1.29, 1.82) is 0 Å². The number of hydrogen-bond donors (Lipinski definition) is 2. The molecular formula is C13H21NO3S. The molecule has 0 fully saturated rings. The van der Waals surface area contributed by atoms with Gasteiger partial charge >= 0.3 is 0 Å². The van der Waals surface area contributed by atoms with E-state index in [0.717, 1.165) is 5.56 Å². The van der Waals surface area contributed by atoms with Crippen molar-refractivity contribution < 1.29 is 13.5 Å². The van der Waals surface area contributed by atoms with Crippen molar-refractivity contribution in [3.05, 3.63) is 29.8 Å². The molecule has 1 unspecified atom stereocenters. The summed E-state index contributed by atoms with van der Waals surface area (Å²) in [4.78, 5) is 0. The summed E-state index contributed by atoms with van der Waals surface area (Å²) in [6, 6.07) is 7.29. The molecule has 0 aliphatic carbocycles. The second-order valence-electron chi connectivity index (χ2n) is 5.47. The third kappa shape index (κ3) is 3.71. The zero-order chi connectivity index (χ0) is 14.0. The van der Waals surface area contributed by atoms with E-state index in [1.807, 2.05) is 12.1 Å². The summed E-state index contributed by atoms with van der Waals surface area (Å²) >= 11 is 0. The van der Waals surface area contributed by atoms with Crippen molar-refractivity contribution in [2.75, 3.05) is 11.3 Å². The van der Waals surface area contributed by atoms with Crippen molar-refractivity contribution >= 4 is 15.7 Å². The first-order chi connectivity index (χ1) is 8.16. The van der Waals surface area contributed by atoms with Crippen LogP contribution in [0.5, 0.6) is 0 Å². The molecule has 5 heteroatoms. The molecule has 1 aromatic rings. The van der Waals surface area contributed by atoms with Crippen LogP contribution in [0.3, 0.4) is 0 Å². The van der Waals surface area contributed by atoms with Gasteiger partial charge in [0.25, 0.3) is 0 Å². The number of rotatable bonds is 4. The van der Waals surface area contributed by atoms with Crippen LogP contribution in [-0.4, -0.2) is 25.4 Å². The van der Waals surface area contributed by atoms with Gasteiger partial charge in [0, 0.05) is 5.69 Å². The molecule has 0 saturated carbocycles. The summed E-state index contributed by atoms with van der Waals surface area (Å²) in [7, 11) is -3.51. The average molecular weight is 271 g/mol. The lowest BCUT2D eigenvalue weighted by Gasteiger charge is -2.19. The van der Waals surface area contributed by atoms with Gasteiger partial charge in [-0.25, -0.2) is 8.42 Å². The molecule has 0 saturated heterocycles. The third-order valence-corrected chi connectivity index (χ3v) is 4.53. The highest BCUT2D eigenvalue weighted by Gasteiger charge is 2.20. The van der Waals surface area contributed by atoms with E-state index in [4.69, 9.17) is 5.11 Å². The van der Waals surface area contributed by atoms with E-state index in [1.54, 1.807) is 12.1 Å². The first kappa shape index (κ1) is 15.0. The fourth-order valence-corrected chi connectivity index (χ4v) is 2.26. The summed E-state index contributed by atoms with van der Waals surface area (Å²) in [5.41, 5.74) is 1.69. The van der Waals surface area contributed by atoms with Gasteiger partial charge in [0.2, 0.25) is 10.0 Å². The van der Waals surface area contributed by atoms with Gasteiger partial charge < -0.3 is 5.11 Å². The Balaban J connectivity index is 2.89. The fourth-order valence-electron chi connectivity index (χ4n) is 1.40. The number of benzene rings is 1. The normalized spacial score (nSPS) is 14.3. The van der Waals surface area contributed by atoms with Crippen molar-refractivity contribution in [2.45, 2.75) is 38.4 Å². The van der Waals surface area contributed by atoms with E-state index in [9.17, 15) is 8.42 Å². The molecule has 2 N–H and O–H groups in total. The van der Waals surface area contributed by atoms with E-state index in [2.05, 4.69) is 25.5 Å². The topological polar surface area (TPSA) is 66.4 Å². The van der Waals surface area contributed by atoms with E-state index in [1.165, 1.54) is 6.92 Å². The van der Waals surface area contributed by atoms with Crippen LogP contribution in [-0.2, 0) is 15.4 Å². The quantitative estimate of drug-likeness (QED) is 0.881. The van der Waals surface area contributed by atoms with Gasteiger partial charge in [0.05, 0.1) is 6.61 Å². The van der Waals surface area contributed by atoms with E-state index in [0.29, 0.717) is 5.69 Å². The van der Waals surface area contributed by atoms with Crippen LogP contribution < -0.4 is 4.72 Å². The Labute approximate surface area is 109 Å².